The Labute approximate surface area is 161 Å². The number of amides is 2. The largest absolute Gasteiger partial charge is 0.423 e. The second-order valence-electron chi connectivity index (χ2n) is 8.74. The molecule has 0 radical (unpaired) electrons. The molecule has 7 rings (SSSR count). The summed E-state index contributed by atoms with van der Waals surface area (Å²) in [7, 11) is 1.57. The molecule has 28 heavy (non-hydrogen) atoms. The zero-order valence-electron chi connectivity index (χ0n) is 15.6. The van der Waals surface area contributed by atoms with E-state index in [1.54, 1.807) is 25.3 Å². The molecule has 0 N–H and O–H groups in total. The Bertz CT molecular complexity index is 1050. The summed E-state index contributed by atoms with van der Waals surface area (Å²) in [5.74, 6) is 1.61. The molecule has 144 valence electrons. The topological polar surface area (TPSA) is 76.8 Å². The standard InChI is InChI=1S/C22H21NO5/c1-27-9-10-6-18(24)28-17-7-11(2-3-12(10)17)23-21(25)19-13-4-5-14(16-8-15(13)16)20(19)22(23)26/h2-3,6-7,13-16,19-20H,4-5,8-9H2,1H3/t13-,14+,15+,16-,19-,20+. The van der Waals surface area contributed by atoms with E-state index in [0.29, 0.717) is 41.5 Å². The fourth-order valence-corrected chi connectivity index (χ4v) is 6.43. The summed E-state index contributed by atoms with van der Waals surface area (Å²) in [4.78, 5) is 39.8. The monoisotopic (exact) mass is 379 g/mol. The van der Waals surface area contributed by atoms with Crippen molar-refractivity contribution in [1.82, 2.24) is 0 Å². The summed E-state index contributed by atoms with van der Waals surface area (Å²) >= 11 is 0. The van der Waals surface area contributed by atoms with Gasteiger partial charge in [0.05, 0.1) is 24.1 Å². The molecule has 0 spiro atoms. The van der Waals surface area contributed by atoms with Gasteiger partial charge < -0.3 is 9.15 Å². The number of methoxy groups -OCH3 is 1. The second-order valence-corrected chi connectivity index (χ2v) is 8.74. The number of carbonyl (C=O) groups excluding carboxylic acids is 2. The second kappa shape index (κ2) is 5.54. The minimum Gasteiger partial charge on any atom is -0.423 e. The van der Waals surface area contributed by atoms with E-state index >= 15 is 0 Å². The fraction of sp³-hybridized carbons (Fsp3) is 0.500. The predicted octanol–water partition coefficient (Wildman–Crippen LogP) is 2.72. The lowest BCUT2D eigenvalue weighted by atomic mass is 9.59. The smallest absolute Gasteiger partial charge is 0.336 e. The van der Waals surface area contributed by atoms with Crippen molar-refractivity contribution >= 4 is 28.5 Å². The van der Waals surface area contributed by atoms with Crippen molar-refractivity contribution in [2.24, 2.45) is 35.5 Å². The molecular formula is C22H21NO5. The lowest BCUT2D eigenvalue weighted by Gasteiger charge is -2.42. The minimum atomic E-state index is -0.470. The van der Waals surface area contributed by atoms with E-state index in [0.717, 1.165) is 23.8 Å². The van der Waals surface area contributed by atoms with E-state index in [9.17, 15) is 14.4 Å². The molecule has 5 aliphatic rings. The zero-order chi connectivity index (χ0) is 19.2. The van der Waals surface area contributed by atoms with Crippen LogP contribution in [0, 0.1) is 35.5 Å². The highest BCUT2D eigenvalue weighted by Crippen LogP contribution is 2.68. The van der Waals surface area contributed by atoms with Gasteiger partial charge in [-0.15, -0.1) is 0 Å². The number of benzene rings is 1. The lowest BCUT2D eigenvalue weighted by molar-refractivity contribution is -0.129. The molecule has 2 aromatic rings. The number of imide groups is 1. The van der Waals surface area contributed by atoms with Crippen LogP contribution in [0.1, 0.15) is 24.8 Å². The highest BCUT2D eigenvalue weighted by atomic mass is 16.5. The zero-order valence-corrected chi connectivity index (χ0v) is 15.6. The molecule has 4 aliphatic carbocycles. The Balaban J connectivity index is 1.43. The van der Waals surface area contributed by atoms with Crippen molar-refractivity contribution in [3.05, 3.63) is 40.2 Å². The minimum absolute atomic E-state index is 0.0650. The Morgan fingerprint density at radius 3 is 2.32 bits per heavy atom. The molecular weight excluding hydrogens is 358 g/mol. The molecule has 1 aliphatic heterocycles. The average molecular weight is 379 g/mol. The van der Waals surface area contributed by atoms with E-state index in [-0.39, 0.29) is 23.7 Å². The Morgan fingerprint density at radius 1 is 1.00 bits per heavy atom. The molecule has 2 amide bonds. The van der Waals surface area contributed by atoms with Crippen molar-refractivity contribution in [2.45, 2.75) is 25.9 Å². The Kier molecular flexibility index (Phi) is 3.26. The molecule has 2 bridgehead atoms. The quantitative estimate of drug-likeness (QED) is 0.605. The highest BCUT2D eigenvalue weighted by Gasteiger charge is 2.68. The normalized spacial score (nSPS) is 35.4. The van der Waals surface area contributed by atoms with Crippen molar-refractivity contribution in [1.29, 1.82) is 0 Å². The van der Waals surface area contributed by atoms with Gasteiger partial charge in [0.1, 0.15) is 5.58 Å². The number of nitrogens with zero attached hydrogens (tertiary/aromatic N) is 1. The number of carbonyl (C=O) groups is 2. The summed E-state index contributed by atoms with van der Waals surface area (Å²) in [5, 5.41) is 0.753. The first kappa shape index (κ1) is 16.5. The van der Waals surface area contributed by atoms with Crippen LogP contribution in [-0.4, -0.2) is 18.9 Å². The first-order valence-electron chi connectivity index (χ1n) is 10.0. The van der Waals surface area contributed by atoms with Crippen LogP contribution < -0.4 is 10.5 Å². The maximum Gasteiger partial charge on any atom is 0.336 e. The molecule has 1 aromatic heterocycles. The maximum atomic E-state index is 13.3. The fourth-order valence-electron chi connectivity index (χ4n) is 6.43. The number of rotatable bonds is 3. The number of hydrogen-bond acceptors (Lipinski definition) is 5. The molecule has 1 aromatic carbocycles. The molecule has 5 fully saturated rings. The molecule has 4 saturated carbocycles. The van der Waals surface area contributed by atoms with Crippen molar-refractivity contribution in [2.75, 3.05) is 12.0 Å². The number of hydrogen-bond donors (Lipinski definition) is 0. The summed E-state index contributed by atoms with van der Waals surface area (Å²) in [6.45, 7) is 0.291. The first-order chi connectivity index (χ1) is 13.6. The van der Waals surface area contributed by atoms with Gasteiger partial charge in [0, 0.05) is 24.6 Å². The first-order valence-corrected chi connectivity index (χ1v) is 10.0. The van der Waals surface area contributed by atoms with Crippen LogP contribution in [0.2, 0.25) is 0 Å². The summed E-state index contributed by atoms with van der Waals surface area (Å²) in [5.41, 5.74) is 1.13. The van der Waals surface area contributed by atoms with Crippen LogP contribution in [0.5, 0.6) is 0 Å². The Morgan fingerprint density at radius 2 is 1.68 bits per heavy atom. The SMILES string of the molecule is COCc1cc(=O)oc2cc(N3C(=O)[C@@H]4[C@@H]5CC[C@@H]([C@H]6C[C@H]65)[C@@H]4C3=O)ccc12. The number of ether oxygens (including phenoxy) is 1. The van der Waals surface area contributed by atoms with Gasteiger partial charge in [0.25, 0.3) is 0 Å². The summed E-state index contributed by atoms with van der Waals surface area (Å²) in [6, 6.07) is 6.63. The summed E-state index contributed by atoms with van der Waals surface area (Å²) in [6.07, 6.45) is 3.35. The third-order valence-electron chi connectivity index (χ3n) is 7.52. The van der Waals surface area contributed by atoms with Crippen LogP contribution in [0.4, 0.5) is 5.69 Å². The highest BCUT2D eigenvalue weighted by molar-refractivity contribution is 6.22. The third-order valence-corrected chi connectivity index (χ3v) is 7.52. The molecule has 2 heterocycles. The number of anilines is 1. The van der Waals surface area contributed by atoms with Crippen LogP contribution in [-0.2, 0) is 20.9 Å². The maximum absolute atomic E-state index is 13.3. The van der Waals surface area contributed by atoms with E-state index in [4.69, 9.17) is 9.15 Å². The van der Waals surface area contributed by atoms with Crippen LogP contribution in [0.15, 0.2) is 33.5 Å². The molecule has 6 nitrogen and oxygen atoms in total. The van der Waals surface area contributed by atoms with Gasteiger partial charge in [-0.2, -0.15) is 0 Å². The van der Waals surface area contributed by atoms with E-state index in [2.05, 4.69) is 0 Å². The van der Waals surface area contributed by atoms with Gasteiger partial charge in [-0.05, 0) is 60.6 Å². The Hall–Kier alpha value is -2.47. The van der Waals surface area contributed by atoms with Crippen molar-refractivity contribution in [3.63, 3.8) is 0 Å². The van der Waals surface area contributed by atoms with Crippen LogP contribution in [0.25, 0.3) is 11.0 Å². The lowest BCUT2D eigenvalue weighted by Crippen LogP contribution is -2.43. The van der Waals surface area contributed by atoms with Gasteiger partial charge in [0.2, 0.25) is 11.8 Å². The van der Waals surface area contributed by atoms with Gasteiger partial charge >= 0.3 is 5.63 Å². The van der Waals surface area contributed by atoms with Gasteiger partial charge in [0.15, 0.2) is 0 Å². The van der Waals surface area contributed by atoms with Gasteiger partial charge in [-0.25, -0.2) is 9.69 Å². The molecule has 0 unspecified atom stereocenters. The van der Waals surface area contributed by atoms with Crippen molar-refractivity contribution < 1.29 is 18.7 Å². The average Bonchev–Trinajstić information content (AvgIpc) is 3.45. The van der Waals surface area contributed by atoms with Gasteiger partial charge in [-0.3, -0.25) is 9.59 Å². The third kappa shape index (κ3) is 2.04. The molecule has 6 atom stereocenters. The van der Waals surface area contributed by atoms with Crippen LogP contribution >= 0.6 is 0 Å². The summed E-state index contributed by atoms with van der Waals surface area (Å²) < 4.78 is 10.5. The van der Waals surface area contributed by atoms with E-state index in [1.165, 1.54) is 17.4 Å². The van der Waals surface area contributed by atoms with E-state index in [1.807, 2.05) is 0 Å². The van der Waals surface area contributed by atoms with Crippen molar-refractivity contribution in [3.8, 4) is 0 Å². The number of fused-ring (bicyclic) bond motifs is 2. The van der Waals surface area contributed by atoms with Gasteiger partial charge in [-0.1, -0.05) is 0 Å². The van der Waals surface area contributed by atoms with E-state index < -0.39 is 5.63 Å². The molecule has 1 saturated heterocycles. The molecule has 6 heteroatoms. The van der Waals surface area contributed by atoms with Crippen LogP contribution in [0.3, 0.4) is 0 Å². The predicted molar refractivity (Wildman–Crippen MR) is 100 cm³/mol.